The number of nitrogens with one attached hydrogen (secondary N) is 1. The molecule has 2 bridgehead atoms. The fraction of sp³-hybridized carbons (Fsp3) is 0.552. The number of carbonyl (C=O) groups excluding carboxylic acids is 2. The maximum Gasteiger partial charge on any atom is 0.410 e. The first-order chi connectivity index (χ1) is 19.1. The lowest BCUT2D eigenvalue weighted by Gasteiger charge is -2.45. The smallest absolute Gasteiger partial charge is 0.410 e. The Labute approximate surface area is 238 Å². The predicted octanol–water partition coefficient (Wildman–Crippen LogP) is 3.78. The molecular formula is C29H35ClN4O6. The topological polar surface area (TPSA) is 113 Å². The van der Waals surface area contributed by atoms with E-state index < -0.39 is 5.60 Å². The van der Waals surface area contributed by atoms with Gasteiger partial charge in [-0.05, 0) is 44.4 Å². The summed E-state index contributed by atoms with van der Waals surface area (Å²) >= 11 is 5.99. The Morgan fingerprint density at radius 1 is 1.25 bits per heavy atom. The van der Waals surface area contributed by atoms with Gasteiger partial charge in [-0.1, -0.05) is 23.7 Å². The van der Waals surface area contributed by atoms with Gasteiger partial charge in [0.15, 0.2) is 11.6 Å². The van der Waals surface area contributed by atoms with E-state index in [-0.39, 0.29) is 47.0 Å². The maximum atomic E-state index is 13.4. The van der Waals surface area contributed by atoms with Crippen LogP contribution in [0.1, 0.15) is 55.5 Å². The van der Waals surface area contributed by atoms with Crippen molar-refractivity contribution in [1.82, 2.24) is 15.2 Å². The summed E-state index contributed by atoms with van der Waals surface area (Å²) in [7, 11) is 1.50. The molecule has 2 aromatic rings. The van der Waals surface area contributed by atoms with Crippen molar-refractivity contribution >= 4 is 29.4 Å². The molecule has 2 N–H and O–H groups in total. The van der Waals surface area contributed by atoms with Crippen molar-refractivity contribution in [2.24, 2.45) is 5.41 Å². The number of cyclic esters (lactones) is 1. The van der Waals surface area contributed by atoms with Crippen LogP contribution in [0.3, 0.4) is 0 Å². The largest absolute Gasteiger partial charge is 0.486 e. The highest BCUT2D eigenvalue weighted by molar-refractivity contribution is 6.30. The van der Waals surface area contributed by atoms with Crippen LogP contribution >= 0.6 is 11.6 Å². The highest BCUT2D eigenvalue weighted by Crippen LogP contribution is 2.59. The van der Waals surface area contributed by atoms with E-state index in [4.69, 9.17) is 30.8 Å². The Bertz CT molecular complexity index is 1310. The maximum absolute atomic E-state index is 13.4. The van der Waals surface area contributed by atoms with Crippen LogP contribution < -0.4 is 19.7 Å². The number of pyridine rings is 1. The molecule has 40 heavy (non-hydrogen) atoms. The van der Waals surface area contributed by atoms with Crippen molar-refractivity contribution in [3.8, 4) is 11.6 Å². The molecule has 2 amide bonds. The van der Waals surface area contributed by atoms with Crippen LogP contribution in [0.4, 0.5) is 10.6 Å². The van der Waals surface area contributed by atoms with Gasteiger partial charge in [0.2, 0.25) is 5.88 Å². The zero-order valence-corrected chi connectivity index (χ0v) is 23.7. The normalized spacial score (nSPS) is 27.1. The summed E-state index contributed by atoms with van der Waals surface area (Å²) in [6.07, 6.45) is 2.56. The minimum Gasteiger partial charge on any atom is -0.486 e. The Kier molecular flexibility index (Phi) is 6.73. The van der Waals surface area contributed by atoms with Gasteiger partial charge in [0.05, 0.1) is 18.8 Å². The molecule has 1 aromatic carbocycles. The van der Waals surface area contributed by atoms with Gasteiger partial charge in [-0.3, -0.25) is 4.79 Å². The van der Waals surface area contributed by atoms with Gasteiger partial charge < -0.3 is 34.4 Å². The third kappa shape index (κ3) is 4.71. The molecule has 1 aromatic heterocycles. The van der Waals surface area contributed by atoms with Gasteiger partial charge in [-0.2, -0.15) is 4.98 Å². The third-order valence-corrected chi connectivity index (χ3v) is 9.32. The van der Waals surface area contributed by atoms with Crippen molar-refractivity contribution in [1.29, 1.82) is 0 Å². The summed E-state index contributed by atoms with van der Waals surface area (Å²) < 4.78 is 17.4. The number of halogens is 1. The minimum atomic E-state index is -0.827. The number of piperidine rings is 1. The number of rotatable bonds is 8. The monoisotopic (exact) mass is 570 g/mol. The van der Waals surface area contributed by atoms with Crippen LogP contribution in [0.25, 0.3) is 0 Å². The molecule has 4 aliphatic heterocycles. The number of nitrogens with zero attached hydrogens (tertiary/aromatic N) is 3. The lowest BCUT2D eigenvalue weighted by atomic mass is 9.61. The van der Waals surface area contributed by atoms with Crippen LogP contribution in [0, 0.1) is 5.41 Å². The third-order valence-electron chi connectivity index (χ3n) is 9.07. The van der Waals surface area contributed by atoms with Crippen molar-refractivity contribution < 1.29 is 28.9 Å². The Morgan fingerprint density at radius 3 is 2.67 bits per heavy atom. The summed E-state index contributed by atoms with van der Waals surface area (Å²) in [6, 6.07) is 9.19. The highest BCUT2D eigenvalue weighted by Gasteiger charge is 2.62. The highest BCUT2D eigenvalue weighted by atomic mass is 35.5. The molecular weight excluding hydrogens is 536 g/mol. The van der Waals surface area contributed by atoms with E-state index in [0.29, 0.717) is 55.7 Å². The molecule has 1 aliphatic carbocycles. The van der Waals surface area contributed by atoms with Crippen LogP contribution in [0.2, 0.25) is 5.02 Å². The number of benzene rings is 1. The Hall–Kier alpha value is -3.24. The molecule has 5 heterocycles. The Morgan fingerprint density at radius 2 is 2.00 bits per heavy atom. The molecule has 7 rings (SSSR count). The number of fused-ring (bicyclic) bond motifs is 2. The van der Waals surface area contributed by atoms with Gasteiger partial charge in [0.25, 0.3) is 5.91 Å². The number of hydrogen-bond donors (Lipinski definition) is 2. The van der Waals surface area contributed by atoms with Crippen molar-refractivity contribution in [3.63, 3.8) is 0 Å². The second kappa shape index (κ2) is 9.99. The van der Waals surface area contributed by atoms with Crippen molar-refractivity contribution in [3.05, 3.63) is 46.5 Å². The number of aliphatic hydroxyl groups is 1. The number of aromatic nitrogens is 1. The zero-order chi connectivity index (χ0) is 28.2. The van der Waals surface area contributed by atoms with Gasteiger partial charge in [0, 0.05) is 55.0 Å². The molecule has 214 valence electrons. The number of amides is 2. The fourth-order valence-electron chi connectivity index (χ4n) is 6.50. The van der Waals surface area contributed by atoms with Crippen LogP contribution in [0.15, 0.2) is 30.3 Å². The molecule has 2 atom stereocenters. The molecule has 11 heteroatoms. The average Bonchev–Trinajstić information content (AvgIpc) is 3.60. The zero-order valence-electron chi connectivity index (χ0n) is 23.0. The van der Waals surface area contributed by atoms with Crippen LogP contribution in [-0.4, -0.2) is 77.6 Å². The van der Waals surface area contributed by atoms with Crippen LogP contribution in [0.5, 0.6) is 11.6 Å². The summed E-state index contributed by atoms with van der Waals surface area (Å²) in [4.78, 5) is 34.1. The number of carbonyl (C=O) groups is 2. The number of anilines is 1. The first-order valence-corrected chi connectivity index (χ1v) is 14.2. The quantitative estimate of drug-likeness (QED) is 0.493. The molecule has 0 spiro atoms. The molecule has 5 aliphatic rings. The second-order valence-electron chi connectivity index (χ2n) is 11.9. The Balaban J connectivity index is 1.29. The average molecular weight is 571 g/mol. The van der Waals surface area contributed by atoms with Crippen LogP contribution in [-0.2, 0) is 11.3 Å². The van der Waals surface area contributed by atoms with Crippen molar-refractivity contribution in [2.45, 2.75) is 69.9 Å². The molecule has 4 saturated heterocycles. The summed E-state index contributed by atoms with van der Waals surface area (Å²) in [5.41, 5.74) is 0.139. The molecule has 1 saturated carbocycles. The fourth-order valence-corrected chi connectivity index (χ4v) is 6.62. The van der Waals surface area contributed by atoms with Gasteiger partial charge in [-0.25, -0.2) is 4.79 Å². The molecule has 0 radical (unpaired) electrons. The van der Waals surface area contributed by atoms with Gasteiger partial charge >= 0.3 is 6.09 Å². The van der Waals surface area contributed by atoms with Crippen molar-refractivity contribution in [2.75, 3.05) is 31.7 Å². The first-order valence-electron chi connectivity index (χ1n) is 13.8. The molecule has 10 nitrogen and oxygen atoms in total. The first kappa shape index (κ1) is 27.0. The van der Waals surface area contributed by atoms with E-state index in [1.807, 2.05) is 26.0 Å². The number of ether oxygens (including phenoxy) is 3. The SMILES string of the molecule is COc1nc(N2CC3(C(C)(C)O)CC2C3)c(O[C@H]2CCN3C(=O)OC[C@@H]3C2)cc1C(=O)NCc1ccc(Cl)cc1. The molecule has 5 fully saturated rings. The van der Waals surface area contributed by atoms with E-state index in [2.05, 4.69) is 10.2 Å². The van der Waals surface area contributed by atoms with E-state index in [0.717, 1.165) is 18.4 Å². The standard InChI is InChI=1S/C29H35ClN4O6/c1-28(2,37)29-12-20(13-29)34(16-29)24-23(40-21-8-9-33-19(10-21)15-39-27(33)36)11-22(26(32-24)38-3)25(35)31-14-17-4-6-18(30)7-5-17/h4-7,11,19-21,37H,8-10,12-16H2,1-3H3,(H,31,35)/t19-,20?,21-,29?/m0/s1. The molecule has 0 unspecified atom stereocenters. The summed E-state index contributed by atoms with van der Waals surface area (Å²) in [5, 5.41) is 14.5. The summed E-state index contributed by atoms with van der Waals surface area (Å²) in [5.74, 6) is 0.987. The minimum absolute atomic E-state index is 0.0268. The van der Waals surface area contributed by atoms with Gasteiger partial charge in [-0.15, -0.1) is 0 Å². The van der Waals surface area contributed by atoms with E-state index in [9.17, 15) is 14.7 Å². The summed E-state index contributed by atoms with van der Waals surface area (Å²) in [6.45, 7) is 5.59. The van der Waals surface area contributed by atoms with Gasteiger partial charge in [0.1, 0.15) is 18.3 Å². The lowest BCUT2D eigenvalue weighted by molar-refractivity contribution is -0.0754. The lowest BCUT2D eigenvalue weighted by Crippen LogP contribution is -2.50. The number of hydrogen-bond acceptors (Lipinski definition) is 8. The number of methoxy groups -OCH3 is 1. The predicted molar refractivity (Wildman–Crippen MR) is 148 cm³/mol. The van der Waals surface area contributed by atoms with E-state index >= 15 is 0 Å². The van der Waals surface area contributed by atoms with E-state index in [1.165, 1.54) is 7.11 Å². The second-order valence-corrected chi connectivity index (χ2v) is 12.3. The van der Waals surface area contributed by atoms with E-state index in [1.54, 1.807) is 23.1 Å².